The third-order valence-corrected chi connectivity index (χ3v) is 4.36. The number of rotatable bonds is 4. The highest BCUT2D eigenvalue weighted by Crippen LogP contribution is 2.16. The second kappa shape index (κ2) is 7.27. The summed E-state index contributed by atoms with van der Waals surface area (Å²) in [6.45, 7) is 4.98. The first-order chi connectivity index (χ1) is 11.2. The van der Waals surface area contributed by atoms with Gasteiger partial charge in [0.05, 0.1) is 11.9 Å². The lowest BCUT2D eigenvalue weighted by Gasteiger charge is -2.35. The van der Waals surface area contributed by atoms with Crippen LogP contribution in [0.25, 0.3) is 0 Å². The molecule has 1 saturated heterocycles. The molecular weight excluding hydrogens is 286 g/mol. The number of carbonyl (C=O) groups is 1. The maximum Gasteiger partial charge on any atom is 0.219 e. The minimum Gasteiger partial charge on any atom is -0.367 e. The Bertz CT molecular complexity index is 631. The SMILES string of the molecule is CC(=O)N1CCN(c2ccc(CCc3cc[c]cc3)nc2)CC1. The van der Waals surface area contributed by atoms with Gasteiger partial charge in [0.15, 0.2) is 0 Å². The molecule has 0 aliphatic carbocycles. The van der Waals surface area contributed by atoms with Gasteiger partial charge < -0.3 is 9.80 Å². The number of hydrogen-bond donors (Lipinski definition) is 0. The molecule has 0 bridgehead atoms. The van der Waals surface area contributed by atoms with Gasteiger partial charge in [-0.15, -0.1) is 0 Å². The Labute approximate surface area is 137 Å². The van der Waals surface area contributed by atoms with Crippen molar-refractivity contribution in [2.24, 2.45) is 0 Å². The molecule has 4 heteroatoms. The van der Waals surface area contributed by atoms with Crippen LogP contribution >= 0.6 is 0 Å². The van der Waals surface area contributed by atoms with E-state index in [1.165, 1.54) is 5.56 Å². The maximum atomic E-state index is 11.4. The van der Waals surface area contributed by atoms with Gasteiger partial charge in [0, 0.05) is 38.8 Å². The summed E-state index contributed by atoms with van der Waals surface area (Å²) >= 11 is 0. The number of carbonyl (C=O) groups excluding carboxylic acids is 1. The summed E-state index contributed by atoms with van der Waals surface area (Å²) in [4.78, 5) is 20.2. The number of piperazine rings is 1. The molecule has 0 atom stereocenters. The monoisotopic (exact) mass is 308 g/mol. The Hall–Kier alpha value is -2.36. The third-order valence-electron chi connectivity index (χ3n) is 4.36. The molecule has 2 aromatic rings. The molecule has 4 nitrogen and oxygen atoms in total. The van der Waals surface area contributed by atoms with Crippen LogP contribution in [0.3, 0.4) is 0 Å². The van der Waals surface area contributed by atoms with Crippen molar-refractivity contribution >= 4 is 11.6 Å². The predicted molar refractivity (Wildman–Crippen MR) is 91.4 cm³/mol. The van der Waals surface area contributed by atoms with E-state index in [2.05, 4.69) is 40.2 Å². The number of benzene rings is 1. The first-order valence-corrected chi connectivity index (χ1v) is 8.13. The average molecular weight is 308 g/mol. The Balaban J connectivity index is 1.54. The zero-order chi connectivity index (χ0) is 16.1. The summed E-state index contributed by atoms with van der Waals surface area (Å²) in [6.07, 6.45) is 3.90. The van der Waals surface area contributed by atoms with Gasteiger partial charge in [0.1, 0.15) is 0 Å². The topological polar surface area (TPSA) is 36.4 Å². The van der Waals surface area contributed by atoms with Crippen LogP contribution in [0.4, 0.5) is 5.69 Å². The molecule has 1 aromatic carbocycles. The van der Waals surface area contributed by atoms with Crippen LogP contribution < -0.4 is 4.90 Å². The van der Waals surface area contributed by atoms with Crippen LogP contribution in [0, 0.1) is 6.07 Å². The van der Waals surface area contributed by atoms with Crippen molar-refractivity contribution in [3.05, 3.63) is 59.9 Å². The van der Waals surface area contributed by atoms with Gasteiger partial charge >= 0.3 is 0 Å². The highest BCUT2D eigenvalue weighted by atomic mass is 16.2. The molecule has 1 radical (unpaired) electrons. The van der Waals surface area contributed by atoms with Crippen LogP contribution in [0.2, 0.25) is 0 Å². The molecule has 0 spiro atoms. The smallest absolute Gasteiger partial charge is 0.219 e. The van der Waals surface area contributed by atoms with E-state index in [-0.39, 0.29) is 5.91 Å². The first-order valence-electron chi connectivity index (χ1n) is 8.13. The van der Waals surface area contributed by atoms with E-state index in [1.807, 2.05) is 23.2 Å². The molecule has 1 aliphatic heterocycles. The van der Waals surface area contributed by atoms with Gasteiger partial charge in [-0.25, -0.2) is 0 Å². The fraction of sp³-hybridized carbons (Fsp3) is 0.368. The first kappa shape index (κ1) is 15.5. The van der Waals surface area contributed by atoms with E-state index in [1.54, 1.807) is 6.92 Å². The zero-order valence-corrected chi connectivity index (χ0v) is 13.5. The normalized spacial score (nSPS) is 14.8. The van der Waals surface area contributed by atoms with Crippen LogP contribution in [0.15, 0.2) is 42.6 Å². The lowest BCUT2D eigenvalue weighted by atomic mass is 10.1. The number of aryl methyl sites for hydroxylation is 2. The summed E-state index contributed by atoms with van der Waals surface area (Å²) in [5, 5.41) is 0. The van der Waals surface area contributed by atoms with Gasteiger partial charge in [-0.2, -0.15) is 0 Å². The van der Waals surface area contributed by atoms with Crippen molar-refractivity contribution in [3.8, 4) is 0 Å². The summed E-state index contributed by atoms with van der Waals surface area (Å²) in [5.74, 6) is 0.164. The molecular formula is C19H22N3O. The number of amides is 1. The molecule has 3 rings (SSSR count). The van der Waals surface area contributed by atoms with E-state index < -0.39 is 0 Å². The Morgan fingerprint density at radius 2 is 1.83 bits per heavy atom. The molecule has 1 amide bonds. The highest BCUT2D eigenvalue weighted by molar-refractivity contribution is 5.73. The minimum absolute atomic E-state index is 0.164. The van der Waals surface area contributed by atoms with Crippen molar-refractivity contribution in [1.29, 1.82) is 0 Å². The van der Waals surface area contributed by atoms with Gasteiger partial charge in [-0.05, 0) is 36.6 Å². The van der Waals surface area contributed by atoms with Gasteiger partial charge in [0.2, 0.25) is 5.91 Å². The van der Waals surface area contributed by atoms with Crippen molar-refractivity contribution in [3.63, 3.8) is 0 Å². The van der Waals surface area contributed by atoms with Crippen molar-refractivity contribution in [1.82, 2.24) is 9.88 Å². The van der Waals surface area contributed by atoms with Gasteiger partial charge in [-0.3, -0.25) is 9.78 Å². The summed E-state index contributed by atoms with van der Waals surface area (Å²) < 4.78 is 0. The van der Waals surface area contributed by atoms with E-state index in [0.29, 0.717) is 0 Å². The van der Waals surface area contributed by atoms with Crippen LogP contribution in [-0.4, -0.2) is 42.0 Å². The van der Waals surface area contributed by atoms with Crippen LogP contribution in [0.1, 0.15) is 18.2 Å². The van der Waals surface area contributed by atoms with E-state index >= 15 is 0 Å². The van der Waals surface area contributed by atoms with Crippen LogP contribution in [0.5, 0.6) is 0 Å². The lowest BCUT2D eigenvalue weighted by Crippen LogP contribution is -2.48. The minimum atomic E-state index is 0.164. The van der Waals surface area contributed by atoms with Gasteiger partial charge in [0.25, 0.3) is 0 Å². The molecule has 1 aliphatic rings. The molecule has 1 aromatic heterocycles. The predicted octanol–water partition coefficient (Wildman–Crippen LogP) is 2.34. The molecule has 119 valence electrons. The van der Waals surface area contributed by atoms with Gasteiger partial charge in [-0.1, -0.05) is 24.3 Å². The number of pyridine rings is 1. The second-order valence-corrected chi connectivity index (χ2v) is 5.91. The molecule has 0 N–H and O–H groups in total. The maximum absolute atomic E-state index is 11.4. The van der Waals surface area contributed by atoms with Crippen molar-refractivity contribution in [2.45, 2.75) is 19.8 Å². The third kappa shape index (κ3) is 4.09. The number of nitrogens with zero attached hydrogens (tertiary/aromatic N) is 3. The fourth-order valence-electron chi connectivity index (χ4n) is 2.89. The van der Waals surface area contributed by atoms with E-state index in [0.717, 1.165) is 50.4 Å². The average Bonchev–Trinajstić information content (AvgIpc) is 2.61. The van der Waals surface area contributed by atoms with Crippen molar-refractivity contribution < 1.29 is 4.79 Å². The second-order valence-electron chi connectivity index (χ2n) is 5.91. The lowest BCUT2D eigenvalue weighted by molar-refractivity contribution is -0.129. The summed E-state index contributed by atoms with van der Waals surface area (Å²) in [7, 11) is 0. The largest absolute Gasteiger partial charge is 0.367 e. The van der Waals surface area contributed by atoms with Crippen LogP contribution in [-0.2, 0) is 17.6 Å². The quantitative estimate of drug-likeness (QED) is 0.870. The zero-order valence-electron chi connectivity index (χ0n) is 13.5. The molecule has 0 unspecified atom stereocenters. The molecule has 2 heterocycles. The standard InChI is InChI=1S/C19H22N3O/c1-16(23)21-11-13-22(14-12-21)19-10-9-18(20-15-19)8-7-17-5-3-2-4-6-17/h3-6,9-10,15H,7-8,11-14H2,1H3. The Morgan fingerprint density at radius 1 is 1.09 bits per heavy atom. The van der Waals surface area contributed by atoms with E-state index in [4.69, 9.17) is 0 Å². The number of aromatic nitrogens is 1. The number of anilines is 1. The Kier molecular flexibility index (Phi) is 4.91. The molecule has 0 saturated carbocycles. The number of hydrogen-bond acceptors (Lipinski definition) is 3. The summed E-state index contributed by atoms with van der Waals surface area (Å²) in [5.41, 5.74) is 3.57. The fourth-order valence-corrected chi connectivity index (χ4v) is 2.89. The molecule has 1 fully saturated rings. The Morgan fingerprint density at radius 3 is 2.43 bits per heavy atom. The highest BCUT2D eigenvalue weighted by Gasteiger charge is 2.18. The molecule has 23 heavy (non-hydrogen) atoms. The summed E-state index contributed by atoms with van der Waals surface area (Å²) in [6, 6.07) is 15.4. The van der Waals surface area contributed by atoms with Crippen molar-refractivity contribution in [2.75, 3.05) is 31.1 Å². The van der Waals surface area contributed by atoms with E-state index in [9.17, 15) is 4.79 Å².